The molecule has 1 aromatic heterocycles. The normalized spacial score (nSPS) is 11.0. The second kappa shape index (κ2) is 5.65. The van der Waals surface area contributed by atoms with Gasteiger partial charge in [-0.3, -0.25) is 9.36 Å². The molecule has 0 aliphatic rings. The van der Waals surface area contributed by atoms with Crippen molar-refractivity contribution in [1.29, 1.82) is 0 Å². The van der Waals surface area contributed by atoms with Crippen LogP contribution in [0.25, 0.3) is 0 Å². The highest BCUT2D eigenvalue weighted by Crippen LogP contribution is 1.99. The van der Waals surface area contributed by atoms with Gasteiger partial charge < -0.3 is 10.3 Å². The zero-order valence-electron chi connectivity index (χ0n) is 9.85. The molecule has 0 spiro atoms. The summed E-state index contributed by atoms with van der Waals surface area (Å²) in [6.07, 6.45) is 2.47. The third-order valence-electron chi connectivity index (χ3n) is 2.44. The fourth-order valence-electron chi connectivity index (χ4n) is 1.46. The van der Waals surface area contributed by atoms with E-state index in [0.717, 1.165) is 6.42 Å². The Morgan fingerprint density at radius 2 is 2.00 bits per heavy atom. The van der Waals surface area contributed by atoms with Gasteiger partial charge in [-0.05, 0) is 12.3 Å². The molecular weight excluding hydrogens is 206 g/mol. The van der Waals surface area contributed by atoms with E-state index >= 15 is 0 Å². The Morgan fingerprint density at radius 3 is 2.56 bits per heavy atom. The Balaban J connectivity index is 2.99. The molecule has 1 heterocycles. The van der Waals surface area contributed by atoms with Crippen molar-refractivity contribution in [2.75, 3.05) is 6.54 Å². The number of aryl methyl sites for hydroxylation is 1. The molecule has 1 aromatic rings. The molecule has 0 aliphatic heterocycles. The number of aromatic nitrogens is 2. The lowest BCUT2D eigenvalue weighted by Crippen LogP contribution is -2.40. The largest absolute Gasteiger partial charge is 0.331 e. The van der Waals surface area contributed by atoms with Gasteiger partial charge in [0.25, 0.3) is 5.56 Å². The highest BCUT2D eigenvalue weighted by Gasteiger charge is 2.04. The van der Waals surface area contributed by atoms with Gasteiger partial charge in [-0.15, -0.1) is 0 Å². The van der Waals surface area contributed by atoms with Crippen molar-refractivity contribution in [2.45, 2.75) is 33.4 Å². The quantitative estimate of drug-likeness (QED) is 0.767. The topological polar surface area (TPSA) is 70.0 Å². The van der Waals surface area contributed by atoms with Crippen molar-refractivity contribution in [3.05, 3.63) is 33.1 Å². The van der Waals surface area contributed by atoms with Gasteiger partial charge in [-0.2, -0.15) is 0 Å². The lowest BCUT2D eigenvalue weighted by molar-refractivity contribution is 0.480. The molecule has 0 aromatic carbocycles. The van der Waals surface area contributed by atoms with Crippen LogP contribution in [0.4, 0.5) is 0 Å². The molecule has 0 fully saturated rings. The molecule has 2 N–H and O–H groups in total. The Bertz CT molecular complexity index is 445. The van der Waals surface area contributed by atoms with Crippen molar-refractivity contribution < 1.29 is 0 Å². The van der Waals surface area contributed by atoms with Gasteiger partial charge in [0.1, 0.15) is 0 Å². The monoisotopic (exact) mass is 225 g/mol. The minimum atomic E-state index is -0.281. The maximum atomic E-state index is 11.9. The maximum Gasteiger partial charge on any atom is 0.331 e. The zero-order valence-corrected chi connectivity index (χ0v) is 9.85. The SMILES string of the molecule is CC(C)CCn1ccc(=O)n(CCN)c1=O. The van der Waals surface area contributed by atoms with Crippen LogP contribution < -0.4 is 17.0 Å². The first-order valence-corrected chi connectivity index (χ1v) is 5.56. The van der Waals surface area contributed by atoms with E-state index in [1.807, 2.05) is 0 Å². The van der Waals surface area contributed by atoms with E-state index in [-0.39, 0.29) is 17.8 Å². The van der Waals surface area contributed by atoms with Crippen molar-refractivity contribution >= 4 is 0 Å². The van der Waals surface area contributed by atoms with E-state index in [1.165, 1.54) is 10.6 Å². The summed E-state index contributed by atoms with van der Waals surface area (Å²) in [4.78, 5) is 23.3. The zero-order chi connectivity index (χ0) is 12.1. The predicted octanol–water partition coefficient (Wildman–Crippen LogP) is 0.0148. The van der Waals surface area contributed by atoms with E-state index in [2.05, 4.69) is 13.8 Å². The third-order valence-corrected chi connectivity index (χ3v) is 2.44. The summed E-state index contributed by atoms with van der Waals surface area (Å²) in [6.45, 7) is 5.41. The summed E-state index contributed by atoms with van der Waals surface area (Å²) in [5.74, 6) is 0.529. The van der Waals surface area contributed by atoms with E-state index < -0.39 is 0 Å². The summed E-state index contributed by atoms with van der Waals surface area (Å²) in [6, 6.07) is 1.41. The standard InChI is InChI=1S/C11H19N3O2/c1-9(2)3-6-13-7-4-10(15)14(8-5-12)11(13)16/h4,7,9H,3,5-6,8,12H2,1-2H3. The Kier molecular flexibility index (Phi) is 4.49. The van der Waals surface area contributed by atoms with Crippen molar-refractivity contribution in [2.24, 2.45) is 11.7 Å². The van der Waals surface area contributed by atoms with Gasteiger partial charge in [0.2, 0.25) is 0 Å². The fraction of sp³-hybridized carbons (Fsp3) is 0.636. The van der Waals surface area contributed by atoms with Crippen LogP contribution in [0.5, 0.6) is 0 Å². The van der Waals surface area contributed by atoms with E-state index in [0.29, 0.717) is 19.0 Å². The van der Waals surface area contributed by atoms with Gasteiger partial charge in [0.15, 0.2) is 0 Å². The van der Waals surface area contributed by atoms with Crippen molar-refractivity contribution in [3.63, 3.8) is 0 Å². The van der Waals surface area contributed by atoms with E-state index in [9.17, 15) is 9.59 Å². The van der Waals surface area contributed by atoms with Crippen LogP contribution in [-0.2, 0) is 13.1 Å². The molecule has 0 atom stereocenters. The molecule has 0 radical (unpaired) electrons. The van der Waals surface area contributed by atoms with E-state index in [1.54, 1.807) is 10.8 Å². The predicted molar refractivity (Wildman–Crippen MR) is 63.5 cm³/mol. The molecule has 1 rings (SSSR count). The number of nitrogens with two attached hydrogens (primary N) is 1. The Morgan fingerprint density at radius 1 is 1.31 bits per heavy atom. The molecule has 0 bridgehead atoms. The van der Waals surface area contributed by atoms with Gasteiger partial charge in [-0.1, -0.05) is 13.8 Å². The van der Waals surface area contributed by atoms with Gasteiger partial charge in [0.05, 0.1) is 0 Å². The first-order valence-electron chi connectivity index (χ1n) is 5.56. The number of hydrogen-bond acceptors (Lipinski definition) is 3. The van der Waals surface area contributed by atoms with Crippen LogP contribution in [0.15, 0.2) is 21.9 Å². The van der Waals surface area contributed by atoms with Crippen LogP contribution in [0.3, 0.4) is 0 Å². The Hall–Kier alpha value is -1.36. The summed E-state index contributed by atoms with van der Waals surface area (Å²) in [5.41, 5.74) is 4.82. The van der Waals surface area contributed by atoms with Crippen molar-refractivity contribution in [1.82, 2.24) is 9.13 Å². The lowest BCUT2D eigenvalue weighted by atomic mass is 10.1. The number of rotatable bonds is 5. The van der Waals surface area contributed by atoms with Crippen LogP contribution in [-0.4, -0.2) is 15.7 Å². The molecule has 0 aliphatic carbocycles. The molecule has 90 valence electrons. The minimum absolute atomic E-state index is 0.265. The lowest BCUT2D eigenvalue weighted by Gasteiger charge is -2.10. The molecule has 0 unspecified atom stereocenters. The highest BCUT2D eigenvalue weighted by molar-refractivity contribution is 4.86. The minimum Gasteiger partial charge on any atom is -0.329 e. The molecule has 0 saturated carbocycles. The van der Waals surface area contributed by atoms with Crippen LogP contribution >= 0.6 is 0 Å². The molecule has 5 heteroatoms. The summed E-state index contributed by atoms with van der Waals surface area (Å²) in [7, 11) is 0. The van der Waals surface area contributed by atoms with Gasteiger partial charge >= 0.3 is 5.69 Å². The summed E-state index contributed by atoms with van der Waals surface area (Å²) >= 11 is 0. The van der Waals surface area contributed by atoms with Gasteiger partial charge in [0, 0.05) is 31.9 Å². The second-order valence-electron chi connectivity index (χ2n) is 4.25. The van der Waals surface area contributed by atoms with Crippen LogP contribution in [0, 0.1) is 5.92 Å². The van der Waals surface area contributed by atoms with Crippen LogP contribution in [0.2, 0.25) is 0 Å². The average Bonchev–Trinajstić information content (AvgIpc) is 2.23. The first-order chi connectivity index (χ1) is 7.56. The first kappa shape index (κ1) is 12.7. The molecule has 0 amide bonds. The number of hydrogen-bond donors (Lipinski definition) is 1. The third kappa shape index (κ3) is 3.06. The summed E-state index contributed by atoms with van der Waals surface area (Å²) < 4.78 is 2.75. The molecular formula is C11H19N3O2. The second-order valence-corrected chi connectivity index (χ2v) is 4.25. The summed E-state index contributed by atoms with van der Waals surface area (Å²) in [5, 5.41) is 0. The highest BCUT2D eigenvalue weighted by atomic mass is 16.2. The van der Waals surface area contributed by atoms with Crippen LogP contribution in [0.1, 0.15) is 20.3 Å². The maximum absolute atomic E-state index is 11.9. The Labute approximate surface area is 94.5 Å². The molecule has 5 nitrogen and oxygen atoms in total. The van der Waals surface area contributed by atoms with Gasteiger partial charge in [-0.25, -0.2) is 4.79 Å². The average molecular weight is 225 g/mol. The smallest absolute Gasteiger partial charge is 0.329 e. The number of nitrogens with zero attached hydrogens (tertiary/aromatic N) is 2. The molecule has 0 saturated heterocycles. The van der Waals surface area contributed by atoms with E-state index in [4.69, 9.17) is 5.73 Å². The fourth-order valence-corrected chi connectivity index (χ4v) is 1.46. The van der Waals surface area contributed by atoms with Crippen molar-refractivity contribution in [3.8, 4) is 0 Å². The molecule has 16 heavy (non-hydrogen) atoms.